The van der Waals surface area contributed by atoms with Crippen LogP contribution in [0.3, 0.4) is 0 Å². The third kappa shape index (κ3) is 2.26. The highest BCUT2D eigenvalue weighted by atomic mass is 16.5. The first-order valence-electron chi connectivity index (χ1n) is 5.45. The third-order valence-electron chi connectivity index (χ3n) is 2.74. The van der Waals surface area contributed by atoms with Crippen molar-refractivity contribution in [3.05, 3.63) is 18.0 Å². The Hall–Kier alpha value is -1.16. The maximum atomic E-state index is 5.46. The first-order valence-corrected chi connectivity index (χ1v) is 5.45. The lowest BCUT2D eigenvalue weighted by Gasteiger charge is -2.35. The first-order chi connectivity index (χ1) is 7.31. The molecule has 4 nitrogen and oxygen atoms in total. The van der Waals surface area contributed by atoms with E-state index in [0.29, 0.717) is 6.04 Å². The summed E-state index contributed by atoms with van der Waals surface area (Å²) in [6, 6.07) is 2.34. The van der Waals surface area contributed by atoms with Crippen LogP contribution in [0.5, 0.6) is 0 Å². The Morgan fingerprint density at radius 1 is 1.60 bits per heavy atom. The molecule has 1 unspecified atom stereocenters. The van der Waals surface area contributed by atoms with Crippen LogP contribution in [-0.4, -0.2) is 35.8 Å². The summed E-state index contributed by atoms with van der Waals surface area (Å²) >= 11 is 0. The van der Waals surface area contributed by atoms with E-state index < -0.39 is 0 Å². The molecule has 0 spiro atoms. The van der Waals surface area contributed by atoms with Gasteiger partial charge in [-0.15, -0.1) is 0 Å². The van der Waals surface area contributed by atoms with E-state index in [9.17, 15) is 0 Å². The van der Waals surface area contributed by atoms with Crippen molar-refractivity contribution < 1.29 is 4.74 Å². The van der Waals surface area contributed by atoms with Crippen LogP contribution in [-0.2, 0) is 4.74 Å². The molecule has 1 aromatic heterocycles. The average Bonchev–Trinajstić information content (AvgIpc) is 2.29. The monoisotopic (exact) mass is 207 g/mol. The van der Waals surface area contributed by atoms with Gasteiger partial charge in [0.2, 0.25) is 5.95 Å². The fourth-order valence-corrected chi connectivity index (χ4v) is 1.83. The van der Waals surface area contributed by atoms with E-state index in [2.05, 4.69) is 21.8 Å². The molecule has 0 N–H and O–H groups in total. The van der Waals surface area contributed by atoms with Gasteiger partial charge in [-0.25, -0.2) is 9.97 Å². The van der Waals surface area contributed by atoms with Crippen LogP contribution in [0.4, 0.5) is 5.95 Å². The predicted octanol–water partition coefficient (Wildman–Crippen LogP) is 1.40. The summed E-state index contributed by atoms with van der Waals surface area (Å²) in [5, 5.41) is 0. The van der Waals surface area contributed by atoms with Crippen molar-refractivity contribution in [2.45, 2.75) is 26.3 Å². The summed E-state index contributed by atoms with van der Waals surface area (Å²) in [6.07, 6.45) is 2.89. The Bertz CT molecular complexity index is 329. The molecule has 82 valence electrons. The Balaban J connectivity index is 2.20. The first kappa shape index (κ1) is 10.4. The fraction of sp³-hybridized carbons (Fsp3) is 0.636. The number of morpholine rings is 1. The molecule has 2 heterocycles. The summed E-state index contributed by atoms with van der Waals surface area (Å²) in [6.45, 7) is 6.61. The number of aromatic nitrogens is 2. The number of ether oxygens (including phenoxy) is 1. The van der Waals surface area contributed by atoms with Crippen molar-refractivity contribution in [1.29, 1.82) is 0 Å². The Morgan fingerprint density at radius 2 is 2.47 bits per heavy atom. The molecule has 1 aliphatic heterocycles. The standard InChI is InChI=1S/C11H17N3O/c1-3-10-8-15-7-6-14(10)11-12-5-4-9(2)13-11/h4-5,10H,3,6-8H2,1-2H3. The van der Waals surface area contributed by atoms with Crippen molar-refractivity contribution in [2.75, 3.05) is 24.7 Å². The predicted molar refractivity (Wildman–Crippen MR) is 59.0 cm³/mol. The van der Waals surface area contributed by atoms with Crippen LogP contribution >= 0.6 is 0 Å². The van der Waals surface area contributed by atoms with Gasteiger partial charge in [-0.1, -0.05) is 6.92 Å². The smallest absolute Gasteiger partial charge is 0.225 e. The van der Waals surface area contributed by atoms with Gasteiger partial charge < -0.3 is 9.64 Å². The lowest BCUT2D eigenvalue weighted by molar-refractivity contribution is 0.0921. The molecule has 1 atom stereocenters. The van der Waals surface area contributed by atoms with Gasteiger partial charge in [-0.05, 0) is 19.4 Å². The molecule has 0 amide bonds. The maximum absolute atomic E-state index is 5.46. The topological polar surface area (TPSA) is 38.2 Å². The van der Waals surface area contributed by atoms with Crippen molar-refractivity contribution in [3.8, 4) is 0 Å². The van der Waals surface area contributed by atoms with E-state index in [4.69, 9.17) is 4.74 Å². The van der Waals surface area contributed by atoms with Crippen molar-refractivity contribution in [2.24, 2.45) is 0 Å². The Morgan fingerprint density at radius 3 is 3.20 bits per heavy atom. The van der Waals surface area contributed by atoms with E-state index in [-0.39, 0.29) is 0 Å². The molecule has 0 bridgehead atoms. The summed E-state index contributed by atoms with van der Waals surface area (Å²) in [4.78, 5) is 11.0. The molecule has 1 aromatic rings. The molecule has 4 heteroatoms. The molecule has 1 aliphatic rings. The highest BCUT2D eigenvalue weighted by molar-refractivity contribution is 5.32. The van der Waals surface area contributed by atoms with Gasteiger partial charge in [0.25, 0.3) is 0 Å². The normalized spacial score (nSPS) is 21.7. The number of hydrogen-bond donors (Lipinski definition) is 0. The molecular weight excluding hydrogens is 190 g/mol. The summed E-state index contributed by atoms with van der Waals surface area (Å²) < 4.78 is 5.46. The van der Waals surface area contributed by atoms with Gasteiger partial charge >= 0.3 is 0 Å². The zero-order valence-electron chi connectivity index (χ0n) is 9.31. The van der Waals surface area contributed by atoms with Gasteiger partial charge in [0, 0.05) is 18.4 Å². The van der Waals surface area contributed by atoms with Crippen LogP contribution in [0.1, 0.15) is 19.0 Å². The molecule has 0 aromatic carbocycles. The quantitative estimate of drug-likeness (QED) is 0.734. The number of nitrogens with zero attached hydrogens (tertiary/aromatic N) is 3. The maximum Gasteiger partial charge on any atom is 0.225 e. The molecule has 1 fully saturated rings. The summed E-state index contributed by atoms with van der Waals surface area (Å²) in [5.74, 6) is 0.838. The number of rotatable bonds is 2. The van der Waals surface area contributed by atoms with Gasteiger partial charge in [-0.2, -0.15) is 0 Å². The number of aryl methyl sites for hydroxylation is 1. The van der Waals surface area contributed by atoms with Crippen LogP contribution in [0.25, 0.3) is 0 Å². The van der Waals surface area contributed by atoms with Crippen molar-refractivity contribution in [3.63, 3.8) is 0 Å². The van der Waals surface area contributed by atoms with Gasteiger partial charge in [0.05, 0.1) is 19.3 Å². The lowest BCUT2D eigenvalue weighted by Crippen LogP contribution is -2.46. The van der Waals surface area contributed by atoms with Crippen LogP contribution in [0, 0.1) is 6.92 Å². The minimum atomic E-state index is 0.417. The zero-order valence-corrected chi connectivity index (χ0v) is 9.31. The number of anilines is 1. The largest absolute Gasteiger partial charge is 0.377 e. The molecule has 15 heavy (non-hydrogen) atoms. The van der Waals surface area contributed by atoms with E-state index in [0.717, 1.165) is 37.8 Å². The lowest BCUT2D eigenvalue weighted by atomic mass is 10.2. The van der Waals surface area contributed by atoms with Gasteiger partial charge in [-0.3, -0.25) is 0 Å². The van der Waals surface area contributed by atoms with Gasteiger partial charge in [0.1, 0.15) is 0 Å². The van der Waals surface area contributed by atoms with Crippen LogP contribution in [0.15, 0.2) is 12.3 Å². The summed E-state index contributed by atoms with van der Waals surface area (Å²) in [5.41, 5.74) is 1.02. The van der Waals surface area contributed by atoms with E-state index >= 15 is 0 Å². The van der Waals surface area contributed by atoms with Crippen LogP contribution < -0.4 is 4.90 Å². The zero-order chi connectivity index (χ0) is 10.7. The van der Waals surface area contributed by atoms with Crippen molar-refractivity contribution in [1.82, 2.24) is 9.97 Å². The number of hydrogen-bond acceptors (Lipinski definition) is 4. The molecular formula is C11H17N3O. The molecule has 1 saturated heterocycles. The second kappa shape index (κ2) is 4.57. The second-order valence-electron chi connectivity index (χ2n) is 3.83. The van der Waals surface area contributed by atoms with E-state index in [1.807, 2.05) is 19.2 Å². The summed E-state index contributed by atoms with van der Waals surface area (Å²) in [7, 11) is 0. The Labute approximate surface area is 90.3 Å². The van der Waals surface area contributed by atoms with E-state index in [1.54, 1.807) is 0 Å². The van der Waals surface area contributed by atoms with E-state index in [1.165, 1.54) is 0 Å². The molecule has 0 radical (unpaired) electrons. The minimum absolute atomic E-state index is 0.417. The average molecular weight is 207 g/mol. The Kier molecular flexibility index (Phi) is 3.16. The molecule has 0 saturated carbocycles. The highest BCUT2D eigenvalue weighted by Crippen LogP contribution is 2.16. The fourth-order valence-electron chi connectivity index (χ4n) is 1.83. The third-order valence-corrected chi connectivity index (χ3v) is 2.74. The second-order valence-corrected chi connectivity index (χ2v) is 3.83. The minimum Gasteiger partial charge on any atom is -0.377 e. The van der Waals surface area contributed by atoms with Crippen LogP contribution in [0.2, 0.25) is 0 Å². The van der Waals surface area contributed by atoms with Gasteiger partial charge in [0.15, 0.2) is 0 Å². The molecule has 0 aliphatic carbocycles. The highest BCUT2D eigenvalue weighted by Gasteiger charge is 2.23. The molecule has 2 rings (SSSR count). The van der Waals surface area contributed by atoms with Crippen molar-refractivity contribution >= 4 is 5.95 Å². The SMILES string of the molecule is CCC1COCCN1c1nccc(C)n1.